The van der Waals surface area contributed by atoms with Crippen LogP contribution in [-0.2, 0) is 9.84 Å². The Bertz CT molecular complexity index is 317. The van der Waals surface area contributed by atoms with Crippen LogP contribution in [0.2, 0.25) is 0 Å². The third-order valence-electron chi connectivity index (χ3n) is 3.15. The molecule has 5 heteroatoms. The smallest absolute Gasteiger partial charge is 0.148 e. The third-order valence-corrected chi connectivity index (χ3v) is 4.07. The van der Waals surface area contributed by atoms with Gasteiger partial charge in [0.1, 0.15) is 9.84 Å². The molecule has 0 saturated heterocycles. The van der Waals surface area contributed by atoms with Crippen molar-refractivity contribution in [3.63, 3.8) is 0 Å². The minimum Gasteiger partial charge on any atom is -0.316 e. The zero-order chi connectivity index (χ0) is 14.2. The molecule has 110 valence electrons. The zero-order valence-corrected chi connectivity index (χ0v) is 13.4. The minimum absolute atomic E-state index is 0.219. The molecule has 1 N–H and O–H groups in total. The average molecular weight is 278 g/mol. The van der Waals surface area contributed by atoms with Crippen LogP contribution in [0, 0.1) is 5.41 Å². The first-order chi connectivity index (χ1) is 8.22. The summed E-state index contributed by atoms with van der Waals surface area (Å²) in [6.45, 7) is 10.1. The Morgan fingerprint density at radius 1 is 1.28 bits per heavy atom. The maximum atomic E-state index is 11.2. The van der Waals surface area contributed by atoms with E-state index in [9.17, 15) is 8.42 Å². The van der Waals surface area contributed by atoms with Crippen LogP contribution in [0.3, 0.4) is 0 Å². The van der Waals surface area contributed by atoms with E-state index in [1.165, 1.54) is 6.26 Å². The standard InChI is InChI=1S/C13H30N2O2S/c1-6-8-13(3,11-14-7-2)12-15(4)9-10-18(5,16)17/h14H,6-12H2,1-5H3. The molecule has 0 aliphatic rings. The normalized spacial score (nSPS) is 15.9. The van der Waals surface area contributed by atoms with Gasteiger partial charge in [-0.15, -0.1) is 0 Å². The van der Waals surface area contributed by atoms with Crippen molar-refractivity contribution in [1.29, 1.82) is 0 Å². The molecule has 0 spiro atoms. The van der Waals surface area contributed by atoms with Crippen molar-refractivity contribution in [2.45, 2.75) is 33.6 Å². The molecule has 0 aromatic heterocycles. The van der Waals surface area contributed by atoms with Gasteiger partial charge >= 0.3 is 0 Å². The maximum Gasteiger partial charge on any atom is 0.148 e. The molecular weight excluding hydrogens is 248 g/mol. The van der Waals surface area contributed by atoms with Crippen molar-refractivity contribution < 1.29 is 8.42 Å². The van der Waals surface area contributed by atoms with Crippen molar-refractivity contribution >= 4 is 9.84 Å². The topological polar surface area (TPSA) is 49.4 Å². The SMILES string of the molecule is CCCC(C)(CNCC)CN(C)CCS(C)(=O)=O. The van der Waals surface area contributed by atoms with Gasteiger partial charge in [0.2, 0.25) is 0 Å². The second kappa shape index (κ2) is 8.12. The van der Waals surface area contributed by atoms with Crippen LogP contribution in [-0.4, -0.2) is 58.6 Å². The van der Waals surface area contributed by atoms with E-state index in [2.05, 4.69) is 31.0 Å². The molecule has 1 unspecified atom stereocenters. The molecule has 0 aliphatic heterocycles. The first kappa shape index (κ1) is 17.9. The maximum absolute atomic E-state index is 11.2. The summed E-state index contributed by atoms with van der Waals surface area (Å²) in [6.07, 6.45) is 3.61. The van der Waals surface area contributed by atoms with E-state index in [1.54, 1.807) is 0 Å². The lowest BCUT2D eigenvalue weighted by atomic mass is 9.85. The highest BCUT2D eigenvalue weighted by molar-refractivity contribution is 7.90. The first-order valence-electron chi connectivity index (χ1n) is 6.79. The van der Waals surface area contributed by atoms with E-state index in [1.807, 2.05) is 7.05 Å². The van der Waals surface area contributed by atoms with Gasteiger partial charge in [-0.25, -0.2) is 8.42 Å². The molecule has 0 rings (SSSR count). The fraction of sp³-hybridized carbons (Fsp3) is 1.00. The van der Waals surface area contributed by atoms with Crippen LogP contribution >= 0.6 is 0 Å². The van der Waals surface area contributed by atoms with E-state index in [0.717, 1.165) is 32.5 Å². The summed E-state index contributed by atoms with van der Waals surface area (Å²) >= 11 is 0. The molecule has 0 aromatic carbocycles. The van der Waals surface area contributed by atoms with Crippen LogP contribution in [0.15, 0.2) is 0 Å². The summed E-state index contributed by atoms with van der Waals surface area (Å²) < 4.78 is 22.3. The summed E-state index contributed by atoms with van der Waals surface area (Å²) in [5.41, 5.74) is 0.219. The largest absolute Gasteiger partial charge is 0.316 e. The summed E-state index contributed by atoms with van der Waals surface area (Å²) in [4.78, 5) is 2.13. The lowest BCUT2D eigenvalue weighted by Crippen LogP contribution is -2.42. The molecule has 0 bridgehead atoms. The summed E-state index contributed by atoms with van der Waals surface area (Å²) in [6, 6.07) is 0. The molecule has 0 radical (unpaired) electrons. The highest BCUT2D eigenvalue weighted by atomic mass is 32.2. The molecule has 0 fully saturated rings. The molecular formula is C13H30N2O2S. The molecule has 1 atom stereocenters. The number of rotatable bonds is 10. The number of sulfone groups is 1. The van der Waals surface area contributed by atoms with E-state index >= 15 is 0 Å². The molecule has 0 aliphatic carbocycles. The molecule has 0 amide bonds. The van der Waals surface area contributed by atoms with Gasteiger partial charge in [-0.3, -0.25) is 0 Å². The Kier molecular flexibility index (Phi) is 8.06. The second-order valence-electron chi connectivity index (χ2n) is 5.71. The third kappa shape index (κ3) is 8.89. The Morgan fingerprint density at radius 3 is 2.33 bits per heavy atom. The van der Waals surface area contributed by atoms with Gasteiger partial charge in [-0.1, -0.05) is 27.2 Å². The molecule has 0 aromatic rings. The van der Waals surface area contributed by atoms with Crippen molar-refractivity contribution in [1.82, 2.24) is 10.2 Å². The summed E-state index contributed by atoms with van der Waals surface area (Å²) in [7, 11) is -0.856. The summed E-state index contributed by atoms with van der Waals surface area (Å²) in [5.74, 6) is 0.243. The fourth-order valence-electron chi connectivity index (χ4n) is 2.31. The van der Waals surface area contributed by atoms with Crippen molar-refractivity contribution in [3.8, 4) is 0 Å². The Balaban J connectivity index is 4.29. The predicted molar refractivity (Wildman–Crippen MR) is 78.8 cm³/mol. The Labute approximate surface area is 113 Å². The number of nitrogens with one attached hydrogen (secondary N) is 1. The zero-order valence-electron chi connectivity index (χ0n) is 12.6. The minimum atomic E-state index is -2.86. The fourth-order valence-corrected chi connectivity index (χ4v) is 2.95. The molecule has 0 saturated carbocycles. The van der Waals surface area contributed by atoms with E-state index in [0.29, 0.717) is 6.54 Å². The predicted octanol–water partition coefficient (Wildman–Crippen LogP) is 1.38. The Hall–Kier alpha value is -0.130. The van der Waals surface area contributed by atoms with Gasteiger partial charge in [-0.2, -0.15) is 0 Å². The van der Waals surface area contributed by atoms with Crippen molar-refractivity contribution in [3.05, 3.63) is 0 Å². The molecule has 4 nitrogen and oxygen atoms in total. The average Bonchev–Trinajstić information content (AvgIpc) is 2.23. The van der Waals surface area contributed by atoms with Crippen LogP contribution < -0.4 is 5.32 Å². The number of nitrogens with zero attached hydrogens (tertiary/aromatic N) is 1. The monoisotopic (exact) mass is 278 g/mol. The van der Waals surface area contributed by atoms with Crippen LogP contribution in [0.4, 0.5) is 0 Å². The van der Waals surface area contributed by atoms with Gasteiger partial charge in [0.15, 0.2) is 0 Å². The summed E-state index contributed by atoms with van der Waals surface area (Å²) in [5, 5.41) is 3.41. The van der Waals surface area contributed by atoms with Gasteiger partial charge in [0.25, 0.3) is 0 Å². The van der Waals surface area contributed by atoms with Crippen LogP contribution in [0.5, 0.6) is 0 Å². The van der Waals surface area contributed by atoms with E-state index in [-0.39, 0.29) is 11.2 Å². The highest BCUT2D eigenvalue weighted by Crippen LogP contribution is 2.23. The van der Waals surface area contributed by atoms with Crippen LogP contribution in [0.25, 0.3) is 0 Å². The van der Waals surface area contributed by atoms with Crippen molar-refractivity contribution in [2.24, 2.45) is 5.41 Å². The van der Waals surface area contributed by atoms with Crippen molar-refractivity contribution in [2.75, 3.05) is 45.2 Å². The molecule has 18 heavy (non-hydrogen) atoms. The quantitative estimate of drug-likeness (QED) is 0.656. The van der Waals surface area contributed by atoms with E-state index in [4.69, 9.17) is 0 Å². The lowest BCUT2D eigenvalue weighted by Gasteiger charge is -2.34. The molecule has 0 heterocycles. The highest BCUT2D eigenvalue weighted by Gasteiger charge is 2.24. The van der Waals surface area contributed by atoms with E-state index < -0.39 is 9.84 Å². The Morgan fingerprint density at radius 2 is 1.89 bits per heavy atom. The van der Waals surface area contributed by atoms with Gasteiger partial charge < -0.3 is 10.2 Å². The van der Waals surface area contributed by atoms with Crippen LogP contribution in [0.1, 0.15) is 33.6 Å². The first-order valence-corrected chi connectivity index (χ1v) is 8.85. The number of hydrogen-bond acceptors (Lipinski definition) is 4. The lowest BCUT2D eigenvalue weighted by molar-refractivity contribution is 0.179. The van der Waals surface area contributed by atoms with Gasteiger partial charge in [0, 0.05) is 25.9 Å². The number of hydrogen-bond donors (Lipinski definition) is 1. The van der Waals surface area contributed by atoms with Gasteiger partial charge in [0.05, 0.1) is 5.75 Å². The second-order valence-corrected chi connectivity index (χ2v) is 7.97. The van der Waals surface area contributed by atoms with Gasteiger partial charge in [-0.05, 0) is 25.4 Å².